The summed E-state index contributed by atoms with van der Waals surface area (Å²) < 4.78 is 15.8. The third-order valence-corrected chi connectivity index (χ3v) is 6.05. The van der Waals surface area contributed by atoms with Gasteiger partial charge in [0.1, 0.15) is 10.8 Å². The molecule has 0 atom stereocenters. The Morgan fingerprint density at radius 3 is 2.47 bits per heavy atom. The Kier molecular flexibility index (Phi) is 8.80. The van der Waals surface area contributed by atoms with Crippen molar-refractivity contribution in [3.8, 4) is 27.8 Å². The molecule has 0 aliphatic carbocycles. The number of ether oxygens (including phenoxy) is 3. The van der Waals surface area contributed by atoms with Crippen LogP contribution in [-0.4, -0.2) is 61.3 Å². The van der Waals surface area contributed by atoms with Crippen LogP contribution in [-0.2, 0) is 16.0 Å². The van der Waals surface area contributed by atoms with Crippen LogP contribution in [0.15, 0.2) is 42.5 Å². The van der Waals surface area contributed by atoms with Gasteiger partial charge in [0.2, 0.25) is 16.9 Å². The number of methoxy groups -OCH3 is 3. The molecule has 0 aliphatic heterocycles. The molecule has 10 heteroatoms. The molecule has 0 saturated carbocycles. The van der Waals surface area contributed by atoms with Crippen LogP contribution in [0.1, 0.15) is 18.9 Å². The summed E-state index contributed by atoms with van der Waals surface area (Å²) in [7, 11) is 4.77. The van der Waals surface area contributed by atoms with Gasteiger partial charge in [-0.1, -0.05) is 29.5 Å². The monoisotopic (exact) mass is 484 g/mol. The van der Waals surface area contributed by atoms with Crippen molar-refractivity contribution in [1.29, 1.82) is 0 Å². The minimum atomic E-state index is -0.231. The fourth-order valence-electron chi connectivity index (χ4n) is 3.29. The quantitative estimate of drug-likeness (QED) is 0.443. The van der Waals surface area contributed by atoms with Crippen molar-refractivity contribution in [2.75, 3.05) is 39.7 Å². The molecule has 3 aromatic rings. The molecule has 0 aliphatic rings. The van der Waals surface area contributed by atoms with Gasteiger partial charge >= 0.3 is 0 Å². The Balaban J connectivity index is 1.53. The molecule has 0 radical (unpaired) electrons. The zero-order valence-corrected chi connectivity index (χ0v) is 20.5. The Labute approximate surface area is 202 Å². The first-order valence-corrected chi connectivity index (χ1v) is 11.5. The van der Waals surface area contributed by atoms with E-state index < -0.39 is 0 Å². The van der Waals surface area contributed by atoms with Crippen LogP contribution in [0.5, 0.6) is 17.2 Å². The van der Waals surface area contributed by atoms with E-state index in [2.05, 4.69) is 15.5 Å². The van der Waals surface area contributed by atoms with Gasteiger partial charge in [0.25, 0.3) is 0 Å². The first-order valence-electron chi connectivity index (χ1n) is 10.7. The number of hydrogen-bond acceptors (Lipinski definition) is 8. The number of amides is 2. The Morgan fingerprint density at radius 2 is 1.76 bits per heavy atom. The number of rotatable bonds is 11. The lowest BCUT2D eigenvalue weighted by Crippen LogP contribution is -2.33. The minimum absolute atomic E-state index is 0.0931. The molecule has 0 spiro atoms. The van der Waals surface area contributed by atoms with Crippen LogP contribution < -0.4 is 19.5 Å². The number of carbonyl (C=O) groups is 2. The predicted octanol–water partition coefficient (Wildman–Crippen LogP) is 3.65. The van der Waals surface area contributed by atoms with Crippen molar-refractivity contribution in [3.63, 3.8) is 0 Å². The highest BCUT2D eigenvalue weighted by Gasteiger charge is 2.14. The van der Waals surface area contributed by atoms with Crippen LogP contribution in [0.3, 0.4) is 0 Å². The summed E-state index contributed by atoms with van der Waals surface area (Å²) in [6.07, 6.45) is 0.779. The number of aromatic nitrogens is 2. The van der Waals surface area contributed by atoms with E-state index in [1.54, 1.807) is 26.2 Å². The number of hydrogen-bond donors (Lipinski definition) is 1. The topological polar surface area (TPSA) is 103 Å². The average molecular weight is 485 g/mol. The summed E-state index contributed by atoms with van der Waals surface area (Å²) in [4.78, 5) is 26.2. The molecule has 1 heterocycles. The van der Waals surface area contributed by atoms with Crippen molar-refractivity contribution < 1.29 is 23.8 Å². The first-order chi connectivity index (χ1) is 16.4. The molecule has 0 bridgehead atoms. The molecule has 1 N–H and O–H groups in total. The van der Waals surface area contributed by atoms with Gasteiger partial charge in [-0.3, -0.25) is 9.59 Å². The second kappa shape index (κ2) is 12.0. The summed E-state index contributed by atoms with van der Waals surface area (Å²) in [5.74, 6) is 1.68. The van der Waals surface area contributed by atoms with Crippen molar-refractivity contribution in [2.24, 2.45) is 0 Å². The third-order valence-electron chi connectivity index (χ3n) is 5.16. The summed E-state index contributed by atoms with van der Waals surface area (Å²) in [6, 6.07) is 13.1. The van der Waals surface area contributed by atoms with Crippen LogP contribution in [0.4, 0.5) is 5.13 Å². The van der Waals surface area contributed by atoms with E-state index in [0.29, 0.717) is 41.1 Å². The van der Waals surface area contributed by atoms with E-state index in [1.165, 1.54) is 18.3 Å². The van der Waals surface area contributed by atoms with Crippen LogP contribution in [0.2, 0.25) is 0 Å². The number of nitrogens with zero attached hydrogens (tertiary/aromatic N) is 3. The van der Waals surface area contributed by atoms with Crippen molar-refractivity contribution in [1.82, 2.24) is 15.1 Å². The molecule has 9 nitrogen and oxygen atoms in total. The van der Waals surface area contributed by atoms with Gasteiger partial charge < -0.3 is 24.4 Å². The Hall–Kier alpha value is -3.66. The summed E-state index contributed by atoms with van der Waals surface area (Å²) >= 11 is 1.28. The minimum Gasteiger partial charge on any atom is -0.497 e. The van der Waals surface area contributed by atoms with Gasteiger partial charge in [-0.15, -0.1) is 10.2 Å². The van der Waals surface area contributed by atoms with E-state index >= 15 is 0 Å². The van der Waals surface area contributed by atoms with Gasteiger partial charge in [-0.2, -0.15) is 0 Å². The maximum atomic E-state index is 12.5. The van der Waals surface area contributed by atoms with Gasteiger partial charge in [0, 0.05) is 32.0 Å². The number of carbonyl (C=O) groups excluding carboxylic acids is 2. The van der Waals surface area contributed by atoms with E-state index in [0.717, 1.165) is 16.9 Å². The molecule has 1 aromatic heterocycles. The highest BCUT2D eigenvalue weighted by molar-refractivity contribution is 7.18. The average Bonchev–Trinajstić information content (AvgIpc) is 3.32. The number of anilines is 1. The van der Waals surface area contributed by atoms with E-state index in [9.17, 15) is 9.59 Å². The third kappa shape index (κ3) is 6.67. The zero-order chi connectivity index (χ0) is 24.5. The zero-order valence-electron chi connectivity index (χ0n) is 19.7. The normalized spacial score (nSPS) is 10.5. The van der Waals surface area contributed by atoms with Crippen LogP contribution in [0, 0.1) is 0 Å². The smallest absolute Gasteiger partial charge is 0.227 e. The maximum Gasteiger partial charge on any atom is 0.227 e. The van der Waals surface area contributed by atoms with Crippen molar-refractivity contribution >= 4 is 28.3 Å². The molecule has 180 valence electrons. The molecule has 2 amide bonds. The molecule has 34 heavy (non-hydrogen) atoms. The predicted molar refractivity (Wildman–Crippen MR) is 131 cm³/mol. The SMILES string of the molecule is COc1cccc(-c2nnc(NC(=O)CCN(CCc3ccc(OC)c(OC)c3)C(C)=O)s2)c1. The first kappa shape index (κ1) is 25.0. The van der Waals surface area contributed by atoms with Gasteiger partial charge in [0.05, 0.1) is 21.3 Å². The number of nitrogens with one attached hydrogen (secondary N) is 1. The van der Waals surface area contributed by atoms with Gasteiger partial charge in [0.15, 0.2) is 11.5 Å². The van der Waals surface area contributed by atoms with Crippen molar-refractivity contribution in [3.05, 3.63) is 48.0 Å². The highest BCUT2D eigenvalue weighted by atomic mass is 32.1. The lowest BCUT2D eigenvalue weighted by Gasteiger charge is -2.21. The molecule has 0 fully saturated rings. The second-order valence-corrected chi connectivity index (χ2v) is 8.37. The fraction of sp³-hybridized carbons (Fsp3) is 0.333. The molecule has 2 aromatic carbocycles. The molecule has 0 unspecified atom stereocenters. The summed E-state index contributed by atoms with van der Waals surface area (Å²) in [5.41, 5.74) is 1.86. The molecule has 0 saturated heterocycles. The fourth-order valence-corrected chi connectivity index (χ4v) is 4.05. The number of benzene rings is 2. The highest BCUT2D eigenvalue weighted by Crippen LogP contribution is 2.29. The van der Waals surface area contributed by atoms with Crippen molar-refractivity contribution in [2.45, 2.75) is 19.8 Å². The Bertz CT molecular complexity index is 1130. The second-order valence-electron chi connectivity index (χ2n) is 7.39. The molecular formula is C24H28N4O5S. The Morgan fingerprint density at radius 1 is 0.971 bits per heavy atom. The van der Waals surface area contributed by atoms with Gasteiger partial charge in [-0.25, -0.2) is 0 Å². The molecule has 3 rings (SSSR count). The van der Waals surface area contributed by atoms with Crippen LogP contribution >= 0.6 is 11.3 Å². The summed E-state index contributed by atoms with van der Waals surface area (Å²) in [5, 5.41) is 12.0. The van der Waals surface area contributed by atoms with E-state index in [1.807, 2.05) is 42.5 Å². The maximum absolute atomic E-state index is 12.5. The van der Waals surface area contributed by atoms with Gasteiger partial charge in [-0.05, 0) is 36.2 Å². The lowest BCUT2D eigenvalue weighted by atomic mass is 10.1. The van der Waals surface area contributed by atoms with E-state index in [4.69, 9.17) is 14.2 Å². The largest absolute Gasteiger partial charge is 0.497 e. The standard InChI is InChI=1S/C24H28N4O5S/c1-16(29)28(12-10-17-8-9-20(32-3)21(14-17)33-4)13-11-22(30)25-24-27-26-23(34-24)18-6-5-7-19(15-18)31-2/h5-9,14-15H,10-13H2,1-4H3,(H,25,27,30). The van der Waals surface area contributed by atoms with Crippen LogP contribution in [0.25, 0.3) is 10.6 Å². The molecular weight excluding hydrogens is 456 g/mol. The summed E-state index contributed by atoms with van der Waals surface area (Å²) in [6.45, 7) is 2.28. The van der Waals surface area contributed by atoms with E-state index in [-0.39, 0.29) is 18.2 Å². The lowest BCUT2D eigenvalue weighted by molar-refractivity contribution is -0.129.